The third-order valence-electron chi connectivity index (χ3n) is 5.05. The quantitative estimate of drug-likeness (QED) is 0.715. The molecular weight excluding hydrogens is 422 g/mol. The number of likely N-dealkylation sites (N-methyl/N-ethyl adjacent to an activating group) is 1. The molecule has 0 radical (unpaired) electrons. The molecule has 2 aromatic rings. The van der Waals surface area contributed by atoms with Crippen molar-refractivity contribution in [3.05, 3.63) is 62.5 Å². The number of amidine groups is 1. The van der Waals surface area contributed by atoms with E-state index in [1.54, 1.807) is 12.1 Å². The topological polar surface area (TPSA) is 69.2 Å². The summed E-state index contributed by atoms with van der Waals surface area (Å²) in [5, 5.41) is 2.86. The molecule has 0 aliphatic carbocycles. The number of nitrogens with one attached hydrogen (secondary N) is 2. The maximum Gasteiger partial charge on any atom is 0.261 e. The first-order chi connectivity index (χ1) is 14.4. The molecule has 0 fully saturated rings. The van der Waals surface area contributed by atoms with Crippen molar-refractivity contribution in [3.63, 3.8) is 0 Å². The van der Waals surface area contributed by atoms with Crippen LogP contribution in [0, 0.1) is 0 Å². The lowest BCUT2D eigenvalue weighted by molar-refractivity contribution is 0.0916. The van der Waals surface area contributed by atoms with Gasteiger partial charge in [-0.2, -0.15) is 0 Å². The van der Waals surface area contributed by atoms with E-state index in [1.165, 1.54) is 11.3 Å². The van der Waals surface area contributed by atoms with Gasteiger partial charge in [-0.05, 0) is 29.8 Å². The molecule has 1 amide bonds. The minimum atomic E-state index is -0.167. The Morgan fingerprint density at radius 2 is 2.23 bits per heavy atom. The number of amides is 1. The van der Waals surface area contributed by atoms with Gasteiger partial charge in [-0.15, -0.1) is 16.8 Å². The zero-order valence-corrected chi connectivity index (χ0v) is 18.7. The molecule has 0 saturated carbocycles. The normalized spacial score (nSPS) is 18.1. The van der Waals surface area contributed by atoms with Crippen molar-refractivity contribution < 1.29 is 9.63 Å². The first-order valence-electron chi connectivity index (χ1n) is 9.66. The number of thiophene rings is 1. The second kappa shape index (κ2) is 8.67. The number of aliphatic imine (C=N–C) groups is 1. The average Bonchev–Trinajstić information content (AvgIpc) is 3.47. The van der Waals surface area contributed by atoms with Gasteiger partial charge in [0.05, 0.1) is 28.3 Å². The first-order valence-corrected chi connectivity index (χ1v) is 10.9. The van der Waals surface area contributed by atoms with Crippen LogP contribution in [0.25, 0.3) is 0 Å². The fraction of sp³-hybridized carbons (Fsp3) is 0.333. The second-order valence-corrected chi connectivity index (χ2v) is 9.13. The van der Waals surface area contributed by atoms with Gasteiger partial charge < -0.3 is 20.0 Å². The van der Waals surface area contributed by atoms with Gasteiger partial charge >= 0.3 is 0 Å². The summed E-state index contributed by atoms with van der Waals surface area (Å²) in [6, 6.07) is 9.68. The lowest BCUT2D eigenvalue weighted by Crippen LogP contribution is -2.25. The Labute approximate surface area is 184 Å². The van der Waals surface area contributed by atoms with Gasteiger partial charge in [-0.3, -0.25) is 9.79 Å². The molecular formula is C21H24ClN5O2S. The maximum atomic E-state index is 12.2. The minimum absolute atomic E-state index is 0.109. The third kappa shape index (κ3) is 4.30. The highest BCUT2D eigenvalue weighted by atomic mass is 35.5. The van der Waals surface area contributed by atoms with E-state index >= 15 is 0 Å². The Hall–Kier alpha value is -2.55. The molecule has 0 spiro atoms. The number of anilines is 1. The number of rotatable bonds is 6. The van der Waals surface area contributed by atoms with Crippen LogP contribution >= 0.6 is 22.9 Å². The average molecular weight is 446 g/mol. The maximum absolute atomic E-state index is 12.2. The molecule has 4 rings (SSSR count). The van der Waals surface area contributed by atoms with Crippen LogP contribution in [0.4, 0.5) is 5.69 Å². The third-order valence-corrected chi connectivity index (χ3v) is 6.28. The molecule has 30 heavy (non-hydrogen) atoms. The Morgan fingerprint density at radius 3 is 2.90 bits per heavy atom. The molecule has 7 nitrogen and oxygen atoms in total. The van der Waals surface area contributed by atoms with E-state index in [-0.39, 0.29) is 11.9 Å². The summed E-state index contributed by atoms with van der Waals surface area (Å²) < 4.78 is 0.590. The summed E-state index contributed by atoms with van der Waals surface area (Å²) in [4.78, 5) is 27.3. The molecule has 0 bridgehead atoms. The van der Waals surface area contributed by atoms with E-state index in [2.05, 4.69) is 50.8 Å². The summed E-state index contributed by atoms with van der Waals surface area (Å²) in [6.07, 6.45) is 1.99. The number of carbonyl (C=O) groups excluding carboxylic acids is 1. The highest BCUT2D eigenvalue weighted by Gasteiger charge is 2.24. The summed E-state index contributed by atoms with van der Waals surface area (Å²) in [6.45, 7) is 2.08. The van der Waals surface area contributed by atoms with Crippen molar-refractivity contribution in [1.29, 1.82) is 0 Å². The number of carbonyl (C=O) groups is 1. The largest absolute Gasteiger partial charge is 0.411 e. The van der Waals surface area contributed by atoms with Crippen LogP contribution in [-0.2, 0) is 4.84 Å². The van der Waals surface area contributed by atoms with Gasteiger partial charge in [-0.1, -0.05) is 23.7 Å². The summed E-state index contributed by atoms with van der Waals surface area (Å²) in [5.41, 5.74) is 6.34. The van der Waals surface area contributed by atoms with Crippen molar-refractivity contribution in [2.45, 2.75) is 6.04 Å². The second-order valence-electron chi connectivity index (χ2n) is 7.41. The monoisotopic (exact) mass is 445 g/mol. The van der Waals surface area contributed by atoms with Crippen molar-refractivity contribution in [3.8, 4) is 0 Å². The molecule has 2 aliphatic rings. The van der Waals surface area contributed by atoms with Gasteiger partial charge in [0.2, 0.25) is 0 Å². The fourth-order valence-corrected chi connectivity index (χ4v) is 4.47. The van der Waals surface area contributed by atoms with Crippen LogP contribution < -0.4 is 15.7 Å². The van der Waals surface area contributed by atoms with E-state index in [1.807, 2.05) is 20.2 Å². The van der Waals surface area contributed by atoms with Crippen molar-refractivity contribution >= 4 is 40.4 Å². The fourth-order valence-electron chi connectivity index (χ4n) is 3.51. The molecule has 158 valence electrons. The van der Waals surface area contributed by atoms with Crippen molar-refractivity contribution in [1.82, 2.24) is 15.7 Å². The van der Waals surface area contributed by atoms with Crippen molar-refractivity contribution in [2.24, 2.45) is 4.99 Å². The summed E-state index contributed by atoms with van der Waals surface area (Å²) in [7, 11) is 6.11. The van der Waals surface area contributed by atoms with Gasteiger partial charge in [0, 0.05) is 38.9 Å². The smallest absolute Gasteiger partial charge is 0.261 e. The van der Waals surface area contributed by atoms with Crippen LogP contribution in [0.5, 0.6) is 0 Å². The molecule has 2 N–H and O–H groups in total. The lowest BCUT2D eigenvalue weighted by Gasteiger charge is -2.22. The number of hydrogen-bond acceptors (Lipinski definition) is 7. The Balaban J connectivity index is 1.48. The molecule has 2 aliphatic heterocycles. The molecule has 1 unspecified atom stereocenters. The molecule has 9 heteroatoms. The Morgan fingerprint density at radius 1 is 1.40 bits per heavy atom. The molecule has 3 heterocycles. The van der Waals surface area contributed by atoms with Crippen LogP contribution in [0.2, 0.25) is 4.34 Å². The predicted molar refractivity (Wildman–Crippen MR) is 122 cm³/mol. The van der Waals surface area contributed by atoms with Gasteiger partial charge in [0.15, 0.2) is 0 Å². The summed E-state index contributed by atoms with van der Waals surface area (Å²) >= 11 is 7.15. The van der Waals surface area contributed by atoms with Crippen LogP contribution in [0.1, 0.15) is 26.8 Å². The Bertz CT molecular complexity index is 1020. The van der Waals surface area contributed by atoms with E-state index < -0.39 is 0 Å². The molecule has 1 aromatic carbocycles. The first kappa shape index (κ1) is 20.7. The molecule has 1 aromatic heterocycles. The van der Waals surface area contributed by atoms with E-state index in [9.17, 15) is 4.79 Å². The predicted octanol–water partition coefficient (Wildman–Crippen LogP) is 3.05. The van der Waals surface area contributed by atoms with E-state index in [0.717, 1.165) is 35.7 Å². The van der Waals surface area contributed by atoms with Crippen LogP contribution in [0.15, 0.2) is 47.2 Å². The zero-order chi connectivity index (χ0) is 21.3. The molecule has 0 saturated heterocycles. The standard InChI is InChI=1S/C21H24ClN5O2S/c1-26(2)17-10-13(20-23-8-9-27(20)3)4-5-15(17)16-11-14(29-25-16)12-24-21(28)18-6-7-19(22)30-18/h4-7,10-11,16,25H,8-9,12H2,1-3H3,(H,24,28). The van der Waals surface area contributed by atoms with E-state index in [4.69, 9.17) is 16.4 Å². The van der Waals surface area contributed by atoms with Crippen LogP contribution in [-0.4, -0.2) is 57.4 Å². The number of hydrogen-bond donors (Lipinski definition) is 2. The highest BCUT2D eigenvalue weighted by Crippen LogP contribution is 2.31. The van der Waals surface area contributed by atoms with Crippen molar-refractivity contribution in [2.75, 3.05) is 45.7 Å². The lowest BCUT2D eigenvalue weighted by atomic mass is 10.0. The number of hydroxylamine groups is 1. The number of halogens is 1. The summed E-state index contributed by atoms with van der Waals surface area (Å²) in [5.74, 6) is 1.53. The minimum Gasteiger partial charge on any atom is -0.411 e. The van der Waals surface area contributed by atoms with Gasteiger partial charge in [-0.25, -0.2) is 0 Å². The highest BCUT2D eigenvalue weighted by molar-refractivity contribution is 7.18. The van der Waals surface area contributed by atoms with Crippen LogP contribution in [0.3, 0.4) is 0 Å². The SMILES string of the molecule is CN1CCN=C1c1ccc(C2C=C(CNC(=O)c3ccc(Cl)s3)ON2)c(N(C)C)c1. The van der Waals surface area contributed by atoms with E-state index in [0.29, 0.717) is 21.5 Å². The number of benzene rings is 1. The zero-order valence-electron chi connectivity index (χ0n) is 17.1. The number of nitrogens with zero attached hydrogens (tertiary/aromatic N) is 3. The Kier molecular flexibility index (Phi) is 5.99. The van der Waals surface area contributed by atoms with Gasteiger partial charge in [0.25, 0.3) is 5.91 Å². The van der Waals surface area contributed by atoms with Gasteiger partial charge in [0.1, 0.15) is 11.6 Å². The molecule has 1 atom stereocenters.